The van der Waals surface area contributed by atoms with E-state index in [1.54, 1.807) is 0 Å². The van der Waals surface area contributed by atoms with Crippen LogP contribution in [0.1, 0.15) is 38.8 Å². The number of aromatic nitrogens is 1. The number of hydrogen-bond donors (Lipinski definition) is 0. The Morgan fingerprint density at radius 2 is 2.07 bits per heavy atom. The van der Waals surface area contributed by atoms with Crippen molar-refractivity contribution in [2.75, 3.05) is 13.6 Å². The first-order valence-electron chi connectivity index (χ1n) is 5.71. The lowest BCUT2D eigenvalue weighted by molar-refractivity contribution is 0.246. The molecule has 0 fully saturated rings. The van der Waals surface area contributed by atoms with E-state index in [9.17, 15) is 0 Å². The Balaban J connectivity index is 2.49. The normalized spacial score (nSPS) is 13.5. The number of nitrogens with zero attached hydrogens (tertiary/aromatic N) is 2. The third-order valence-corrected chi connectivity index (χ3v) is 2.89. The van der Waals surface area contributed by atoms with E-state index in [1.807, 2.05) is 18.5 Å². The molecule has 0 aliphatic rings. The second kappa shape index (κ2) is 5.86. The molecule has 0 saturated heterocycles. The lowest BCUT2D eigenvalue weighted by Crippen LogP contribution is -2.24. The fraction of sp³-hybridized carbons (Fsp3) is 0.615. The predicted octanol–water partition coefficient (Wildman–Crippen LogP) is 3.12. The van der Waals surface area contributed by atoms with E-state index in [-0.39, 0.29) is 0 Å². The average molecular weight is 206 g/mol. The van der Waals surface area contributed by atoms with Crippen LogP contribution in [0.4, 0.5) is 0 Å². The smallest absolute Gasteiger partial charge is 0.0332 e. The molecule has 1 aromatic rings. The fourth-order valence-electron chi connectivity index (χ4n) is 1.53. The Kier molecular flexibility index (Phi) is 4.76. The highest BCUT2D eigenvalue weighted by molar-refractivity contribution is 5.12. The number of hydrogen-bond acceptors (Lipinski definition) is 2. The van der Waals surface area contributed by atoms with Gasteiger partial charge in [0, 0.05) is 18.4 Å². The molecular weight excluding hydrogens is 184 g/mol. The molecule has 1 unspecified atom stereocenters. The lowest BCUT2D eigenvalue weighted by Gasteiger charge is -2.25. The van der Waals surface area contributed by atoms with Crippen molar-refractivity contribution < 1.29 is 0 Å². The van der Waals surface area contributed by atoms with Gasteiger partial charge in [-0.1, -0.05) is 19.9 Å². The van der Waals surface area contributed by atoms with Crippen LogP contribution < -0.4 is 0 Å². The largest absolute Gasteiger partial charge is 0.300 e. The van der Waals surface area contributed by atoms with Crippen molar-refractivity contribution in [3.05, 3.63) is 30.1 Å². The second-order valence-electron chi connectivity index (χ2n) is 4.63. The maximum atomic E-state index is 4.16. The molecule has 2 nitrogen and oxygen atoms in total. The van der Waals surface area contributed by atoms with Crippen LogP contribution in [-0.2, 0) is 0 Å². The zero-order valence-electron chi connectivity index (χ0n) is 10.3. The summed E-state index contributed by atoms with van der Waals surface area (Å²) in [5.74, 6) is 0.772. The Bertz CT molecular complexity index is 269. The molecule has 0 aliphatic heterocycles. The minimum absolute atomic E-state index is 0.456. The molecule has 0 saturated carbocycles. The fourth-order valence-corrected chi connectivity index (χ4v) is 1.53. The van der Waals surface area contributed by atoms with E-state index in [4.69, 9.17) is 0 Å². The van der Waals surface area contributed by atoms with Gasteiger partial charge in [0.1, 0.15) is 0 Å². The van der Waals surface area contributed by atoms with E-state index in [0.717, 1.165) is 12.5 Å². The van der Waals surface area contributed by atoms with Gasteiger partial charge < -0.3 is 0 Å². The molecule has 1 heterocycles. The summed E-state index contributed by atoms with van der Waals surface area (Å²) >= 11 is 0. The minimum atomic E-state index is 0.456. The standard InChI is InChI=1S/C13H22N2/c1-11(2)7-9-15(4)12(3)13-6-5-8-14-10-13/h5-6,8,10-12H,7,9H2,1-4H3. The summed E-state index contributed by atoms with van der Waals surface area (Å²) in [5, 5.41) is 0. The van der Waals surface area contributed by atoms with Gasteiger partial charge >= 0.3 is 0 Å². The topological polar surface area (TPSA) is 16.1 Å². The first kappa shape index (κ1) is 12.2. The second-order valence-corrected chi connectivity index (χ2v) is 4.63. The molecule has 0 radical (unpaired) electrons. The zero-order chi connectivity index (χ0) is 11.3. The van der Waals surface area contributed by atoms with Crippen LogP contribution in [0, 0.1) is 5.92 Å². The van der Waals surface area contributed by atoms with E-state index in [0.29, 0.717) is 6.04 Å². The number of pyridine rings is 1. The summed E-state index contributed by atoms with van der Waals surface area (Å²) < 4.78 is 0. The summed E-state index contributed by atoms with van der Waals surface area (Å²) in [6.45, 7) is 7.91. The molecule has 15 heavy (non-hydrogen) atoms. The minimum Gasteiger partial charge on any atom is -0.300 e. The third kappa shape index (κ3) is 4.00. The van der Waals surface area contributed by atoms with Crippen molar-refractivity contribution in [3.8, 4) is 0 Å². The van der Waals surface area contributed by atoms with Crippen molar-refractivity contribution in [2.45, 2.75) is 33.2 Å². The first-order chi connectivity index (χ1) is 7.11. The van der Waals surface area contributed by atoms with Gasteiger partial charge in [0.25, 0.3) is 0 Å². The van der Waals surface area contributed by atoms with Gasteiger partial charge in [-0.25, -0.2) is 0 Å². The third-order valence-electron chi connectivity index (χ3n) is 2.89. The highest BCUT2D eigenvalue weighted by Crippen LogP contribution is 2.18. The Morgan fingerprint density at radius 3 is 2.60 bits per heavy atom. The molecule has 0 aromatic carbocycles. The van der Waals surface area contributed by atoms with Crippen molar-refractivity contribution in [1.29, 1.82) is 0 Å². The molecule has 1 rings (SSSR count). The van der Waals surface area contributed by atoms with Gasteiger partial charge in [-0.3, -0.25) is 9.88 Å². The Hall–Kier alpha value is -0.890. The summed E-state index contributed by atoms with van der Waals surface area (Å²) in [7, 11) is 2.18. The average Bonchev–Trinajstić information content (AvgIpc) is 2.26. The zero-order valence-corrected chi connectivity index (χ0v) is 10.3. The van der Waals surface area contributed by atoms with Gasteiger partial charge in [-0.15, -0.1) is 0 Å². The molecule has 0 aliphatic carbocycles. The van der Waals surface area contributed by atoms with Crippen LogP contribution in [0.3, 0.4) is 0 Å². The van der Waals surface area contributed by atoms with E-state index >= 15 is 0 Å². The van der Waals surface area contributed by atoms with Gasteiger partial charge in [0.05, 0.1) is 0 Å². The van der Waals surface area contributed by atoms with Crippen molar-refractivity contribution >= 4 is 0 Å². The highest BCUT2D eigenvalue weighted by Gasteiger charge is 2.11. The maximum absolute atomic E-state index is 4.16. The molecule has 0 spiro atoms. The van der Waals surface area contributed by atoms with Crippen molar-refractivity contribution in [2.24, 2.45) is 5.92 Å². The van der Waals surface area contributed by atoms with Gasteiger partial charge in [0.15, 0.2) is 0 Å². The SMILES string of the molecule is CC(C)CCN(C)C(C)c1cccnc1. The van der Waals surface area contributed by atoms with E-state index in [1.165, 1.54) is 12.0 Å². The van der Waals surface area contributed by atoms with Crippen molar-refractivity contribution in [1.82, 2.24) is 9.88 Å². The van der Waals surface area contributed by atoms with Crippen molar-refractivity contribution in [3.63, 3.8) is 0 Å². The highest BCUT2D eigenvalue weighted by atomic mass is 15.1. The molecule has 84 valence electrons. The summed E-state index contributed by atoms with van der Waals surface area (Å²) in [6.07, 6.45) is 5.03. The van der Waals surface area contributed by atoms with Crippen LogP contribution in [0.2, 0.25) is 0 Å². The van der Waals surface area contributed by atoms with Gasteiger partial charge in [-0.2, -0.15) is 0 Å². The molecule has 0 amide bonds. The van der Waals surface area contributed by atoms with Crippen LogP contribution in [-0.4, -0.2) is 23.5 Å². The molecule has 0 N–H and O–H groups in total. The molecule has 2 heteroatoms. The number of rotatable bonds is 5. The molecule has 1 atom stereocenters. The summed E-state index contributed by atoms with van der Waals surface area (Å²) in [5.41, 5.74) is 1.30. The maximum Gasteiger partial charge on any atom is 0.0332 e. The Morgan fingerprint density at radius 1 is 1.33 bits per heavy atom. The van der Waals surface area contributed by atoms with Gasteiger partial charge in [-0.05, 0) is 44.5 Å². The van der Waals surface area contributed by atoms with E-state index in [2.05, 4.69) is 43.8 Å². The quantitative estimate of drug-likeness (QED) is 0.736. The van der Waals surface area contributed by atoms with Crippen LogP contribution in [0.5, 0.6) is 0 Å². The molecule has 1 aromatic heterocycles. The molecule has 0 bridgehead atoms. The van der Waals surface area contributed by atoms with Crippen LogP contribution >= 0.6 is 0 Å². The van der Waals surface area contributed by atoms with Gasteiger partial charge in [0.2, 0.25) is 0 Å². The summed E-state index contributed by atoms with van der Waals surface area (Å²) in [6, 6.07) is 4.60. The van der Waals surface area contributed by atoms with Crippen LogP contribution in [0.15, 0.2) is 24.5 Å². The van der Waals surface area contributed by atoms with E-state index < -0.39 is 0 Å². The first-order valence-corrected chi connectivity index (χ1v) is 5.71. The lowest BCUT2D eigenvalue weighted by atomic mass is 10.1. The predicted molar refractivity (Wildman–Crippen MR) is 64.7 cm³/mol. The monoisotopic (exact) mass is 206 g/mol. The Labute approximate surface area is 93.3 Å². The van der Waals surface area contributed by atoms with Crippen LogP contribution in [0.25, 0.3) is 0 Å². The summed E-state index contributed by atoms with van der Waals surface area (Å²) in [4.78, 5) is 6.54. The molecular formula is C13H22N2.